The van der Waals surface area contributed by atoms with Gasteiger partial charge in [0, 0.05) is 12.0 Å². The van der Waals surface area contributed by atoms with E-state index in [9.17, 15) is 13.6 Å². The van der Waals surface area contributed by atoms with Crippen molar-refractivity contribution in [2.45, 2.75) is 18.4 Å². The molecule has 0 aromatic heterocycles. The zero-order valence-electron chi connectivity index (χ0n) is 11.0. The van der Waals surface area contributed by atoms with Crippen LogP contribution in [0.3, 0.4) is 0 Å². The third-order valence-electron chi connectivity index (χ3n) is 3.64. The van der Waals surface area contributed by atoms with Crippen LogP contribution >= 0.6 is 0 Å². The number of nitrogens with one attached hydrogen (secondary N) is 1. The van der Waals surface area contributed by atoms with E-state index in [0.717, 1.165) is 24.1 Å². The Hall–Kier alpha value is -2.43. The molecule has 108 valence electrons. The second-order valence-electron chi connectivity index (χ2n) is 5.12. The van der Waals surface area contributed by atoms with E-state index in [0.29, 0.717) is 0 Å². The number of benzene rings is 2. The van der Waals surface area contributed by atoms with Gasteiger partial charge < -0.3 is 10.4 Å². The summed E-state index contributed by atoms with van der Waals surface area (Å²) in [6.45, 7) is 0. The number of halogens is 2. The predicted octanol–water partition coefficient (Wildman–Crippen LogP) is 3.63. The topological polar surface area (TPSA) is 49.3 Å². The largest absolute Gasteiger partial charge is 0.478 e. The molecule has 0 radical (unpaired) electrons. The standard InChI is InChI=1S/C16H13F2NO2/c17-12-6-10(16(20)21)7-13(18)15(12)19-14-8-11(14)9-4-2-1-3-5-9/h1-7,11,14,19H,8H2,(H,20,21). The monoisotopic (exact) mass is 289 g/mol. The zero-order chi connectivity index (χ0) is 15.0. The molecule has 0 saturated heterocycles. The van der Waals surface area contributed by atoms with Crippen LogP contribution in [0.5, 0.6) is 0 Å². The summed E-state index contributed by atoms with van der Waals surface area (Å²) >= 11 is 0. The first-order valence-corrected chi connectivity index (χ1v) is 6.60. The zero-order valence-corrected chi connectivity index (χ0v) is 11.0. The highest BCUT2D eigenvalue weighted by atomic mass is 19.1. The lowest BCUT2D eigenvalue weighted by molar-refractivity contribution is 0.0696. The summed E-state index contributed by atoms with van der Waals surface area (Å²) in [5.74, 6) is -2.89. The summed E-state index contributed by atoms with van der Waals surface area (Å²) in [5, 5.41) is 11.6. The van der Waals surface area contributed by atoms with Crippen molar-refractivity contribution in [1.29, 1.82) is 0 Å². The molecule has 1 aliphatic carbocycles. The number of carbonyl (C=O) groups is 1. The van der Waals surface area contributed by atoms with Crippen molar-refractivity contribution in [3.05, 3.63) is 65.2 Å². The smallest absolute Gasteiger partial charge is 0.335 e. The molecule has 0 amide bonds. The van der Waals surface area contributed by atoms with E-state index in [1.807, 2.05) is 30.3 Å². The Balaban J connectivity index is 1.77. The van der Waals surface area contributed by atoms with E-state index in [2.05, 4.69) is 5.32 Å². The van der Waals surface area contributed by atoms with E-state index < -0.39 is 23.2 Å². The average Bonchev–Trinajstić information content (AvgIpc) is 3.23. The van der Waals surface area contributed by atoms with Crippen LogP contribution in [0.1, 0.15) is 28.3 Å². The first kappa shape index (κ1) is 13.5. The number of carboxylic acids is 1. The first-order chi connectivity index (χ1) is 10.1. The molecule has 0 heterocycles. The Morgan fingerprint density at radius 3 is 2.33 bits per heavy atom. The maximum atomic E-state index is 13.8. The van der Waals surface area contributed by atoms with Crippen LogP contribution in [0, 0.1) is 11.6 Å². The lowest BCUT2D eigenvalue weighted by Gasteiger charge is -2.09. The van der Waals surface area contributed by atoms with E-state index >= 15 is 0 Å². The molecule has 1 fully saturated rings. The maximum absolute atomic E-state index is 13.8. The maximum Gasteiger partial charge on any atom is 0.335 e. The minimum Gasteiger partial charge on any atom is -0.478 e. The van der Waals surface area contributed by atoms with Crippen LogP contribution in [0.2, 0.25) is 0 Å². The number of hydrogen-bond acceptors (Lipinski definition) is 2. The molecule has 0 bridgehead atoms. The van der Waals surface area contributed by atoms with Gasteiger partial charge in [-0.2, -0.15) is 0 Å². The fraction of sp³-hybridized carbons (Fsp3) is 0.188. The summed E-state index contributed by atoms with van der Waals surface area (Å²) in [4.78, 5) is 10.7. The Morgan fingerprint density at radius 2 is 1.76 bits per heavy atom. The predicted molar refractivity (Wildman–Crippen MR) is 74.5 cm³/mol. The van der Waals surface area contributed by atoms with Crippen LogP contribution in [0.4, 0.5) is 14.5 Å². The van der Waals surface area contributed by atoms with Crippen molar-refractivity contribution in [2.75, 3.05) is 5.32 Å². The van der Waals surface area contributed by atoms with Gasteiger partial charge in [-0.3, -0.25) is 0 Å². The molecule has 2 atom stereocenters. The van der Waals surface area contributed by atoms with Crippen molar-refractivity contribution in [3.8, 4) is 0 Å². The van der Waals surface area contributed by atoms with Gasteiger partial charge >= 0.3 is 5.97 Å². The normalized spacial score (nSPS) is 20.1. The van der Waals surface area contributed by atoms with Crippen LogP contribution in [-0.2, 0) is 0 Å². The Morgan fingerprint density at radius 1 is 1.14 bits per heavy atom. The van der Waals surface area contributed by atoms with Crippen molar-refractivity contribution in [3.63, 3.8) is 0 Å². The molecule has 3 rings (SSSR count). The van der Waals surface area contributed by atoms with Crippen molar-refractivity contribution < 1.29 is 18.7 Å². The molecule has 0 aliphatic heterocycles. The van der Waals surface area contributed by atoms with E-state index in [1.165, 1.54) is 0 Å². The SMILES string of the molecule is O=C(O)c1cc(F)c(NC2CC2c2ccccc2)c(F)c1. The van der Waals surface area contributed by atoms with Crippen LogP contribution in [0.25, 0.3) is 0 Å². The molecule has 0 spiro atoms. The second-order valence-corrected chi connectivity index (χ2v) is 5.12. The van der Waals surface area contributed by atoms with E-state index in [1.54, 1.807) is 0 Å². The number of carboxylic acid groups (broad SMARTS) is 1. The van der Waals surface area contributed by atoms with Gasteiger partial charge in [0.2, 0.25) is 0 Å². The van der Waals surface area contributed by atoms with Gasteiger partial charge in [0.05, 0.1) is 5.56 Å². The molecular formula is C16H13F2NO2. The molecule has 1 saturated carbocycles. The molecule has 2 aromatic carbocycles. The van der Waals surface area contributed by atoms with Crippen molar-refractivity contribution >= 4 is 11.7 Å². The van der Waals surface area contributed by atoms with Gasteiger partial charge in [-0.05, 0) is 24.1 Å². The quantitative estimate of drug-likeness (QED) is 0.903. The highest BCUT2D eigenvalue weighted by Crippen LogP contribution is 2.43. The molecule has 2 unspecified atom stereocenters. The first-order valence-electron chi connectivity index (χ1n) is 6.60. The molecule has 21 heavy (non-hydrogen) atoms. The van der Waals surface area contributed by atoms with Gasteiger partial charge in [0.25, 0.3) is 0 Å². The van der Waals surface area contributed by atoms with Gasteiger partial charge in [-0.1, -0.05) is 30.3 Å². The molecule has 1 aliphatic rings. The second kappa shape index (κ2) is 5.16. The highest BCUT2D eigenvalue weighted by molar-refractivity contribution is 5.88. The van der Waals surface area contributed by atoms with E-state index in [-0.39, 0.29) is 17.6 Å². The minimum absolute atomic E-state index is 0.0351. The molecule has 2 aromatic rings. The number of anilines is 1. The summed E-state index contributed by atoms with van der Waals surface area (Å²) < 4.78 is 27.6. The van der Waals surface area contributed by atoms with Crippen LogP contribution in [-0.4, -0.2) is 17.1 Å². The molecule has 5 heteroatoms. The Labute approximate surface area is 120 Å². The Bertz CT molecular complexity index is 665. The lowest BCUT2D eigenvalue weighted by atomic mass is 10.1. The third kappa shape index (κ3) is 2.72. The van der Waals surface area contributed by atoms with Gasteiger partial charge in [-0.25, -0.2) is 13.6 Å². The van der Waals surface area contributed by atoms with Gasteiger partial charge in [0.1, 0.15) is 17.3 Å². The third-order valence-corrected chi connectivity index (χ3v) is 3.64. The fourth-order valence-corrected chi connectivity index (χ4v) is 2.44. The number of aromatic carboxylic acids is 1. The van der Waals surface area contributed by atoms with Gasteiger partial charge in [0.15, 0.2) is 0 Å². The van der Waals surface area contributed by atoms with Crippen LogP contribution < -0.4 is 5.32 Å². The van der Waals surface area contributed by atoms with Crippen molar-refractivity contribution in [1.82, 2.24) is 0 Å². The summed E-state index contributed by atoms with van der Waals surface area (Å²) in [6, 6.07) is 11.3. The lowest BCUT2D eigenvalue weighted by Crippen LogP contribution is -2.09. The summed E-state index contributed by atoms with van der Waals surface area (Å²) in [6.07, 6.45) is 0.795. The minimum atomic E-state index is -1.35. The van der Waals surface area contributed by atoms with E-state index in [4.69, 9.17) is 5.11 Å². The summed E-state index contributed by atoms with van der Waals surface area (Å²) in [7, 11) is 0. The fourth-order valence-electron chi connectivity index (χ4n) is 2.44. The average molecular weight is 289 g/mol. The molecule has 2 N–H and O–H groups in total. The number of rotatable bonds is 4. The van der Waals surface area contributed by atoms with Crippen LogP contribution in [0.15, 0.2) is 42.5 Å². The molecular weight excluding hydrogens is 276 g/mol. The van der Waals surface area contributed by atoms with Crippen molar-refractivity contribution in [2.24, 2.45) is 0 Å². The Kier molecular flexibility index (Phi) is 3.33. The molecule has 3 nitrogen and oxygen atoms in total. The highest BCUT2D eigenvalue weighted by Gasteiger charge is 2.39. The summed E-state index contributed by atoms with van der Waals surface area (Å²) in [5.41, 5.74) is 0.465. The van der Waals surface area contributed by atoms with Gasteiger partial charge in [-0.15, -0.1) is 0 Å². The number of hydrogen-bond donors (Lipinski definition) is 2.